The zero-order valence-electron chi connectivity index (χ0n) is 17.8. The number of carbonyl (C=O) groups excluding carboxylic acids is 2. The summed E-state index contributed by atoms with van der Waals surface area (Å²) in [5.74, 6) is -1.92. The van der Waals surface area contributed by atoms with Crippen molar-refractivity contribution in [2.24, 2.45) is 0 Å². The van der Waals surface area contributed by atoms with E-state index < -0.39 is 17.4 Å². The molecular formula is C23H23N5O5. The molecule has 2 N–H and O–H groups in total. The van der Waals surface area contributed by atoms with Gasteiger partial charge < -0.3 is 20.2 Å². The molecule has 1 aromatic carbocycles. The van der Waals surface area contributed by atoms with Crippen molar-refractivity contribution in [3.8, 4) is 0 Å². The van der Waals surface area contributed by atoms with Crippen LogP contribution in [-0.4, -0.2) is 63.4 Å². The largest absolute Gasteiger partial charge is 0.481 e. The van der Waals surface area contributed by atoms with Crippen LogP contribution < -0.4 is 15.8 Å². The number of amides is 2. The summed E-state index contributed by atoms with van der Waals surface area (Å²) in [6.45, 7) is 2.47. The number of fused-ring (bicyclic) bond motifs is 1. The normalized spacial score (nSPS) is 13.7. The number of aromatic nitrogens is 2. The zero-order valence-corrected chi connectivity index (χ0v) is 17.8. The first-order chi connectivity index (χ1) is 15.9. The number of pyridine rings is 1. The van der Waals surface area contributed by atoms with Gasteiger partial charge in [0.2, 0.25) is 5.91 Å². The summed E-state index contributed by atoms with van der Waals surface area (Å²) >= 11 is 0. The highest BCUT2D eigenvalue weighted by Gasteiger charge is 2.24. The van der Waals surface area contributed by atoms with Gasteiger partial charge in [-0.15, -0.1) is 0 Å². The van der Waals surface area contributed by atoms with Crippen molar-refractivity contribution in [2.45, 2.75) is 12.8 Å². The van der Waals surface area contributed by atoms with Gasteiger partial charge in [0.05, 0.1) is 18.2 Å². The van der Waals surface area contributed by atoms with Gasteiger partial charge in [-0.2, -0.15) is 0 Å². The van der Waals surface area contributed by atoms with Crippen LogP contribution in [0.15, 0.2) is 59.7 Å². The van der Waals surface area contributed by atoms with Gasteiger partial charge in [0, 0.05) is 44.5 Å². The Morgan fingerprint density at radius 3 is 2.39 bits per heavy atom. The molecular weight excluding hydrogens is 426 g/mol. The van der Waals surface area contributed by atoms with E-state index in [-0.39, 0.29) is 30.1 Å². The van der Waals surface area contributed by atoms with Crippen LogP contribution in [0.5, 0.6) is 0 Å². The van der Waals surface area contributed by atoms with E-state index in [9.17, 15) is 19.2 Å². The summed E-state index contributed by atoms with van der Waals surface area (Å²) in [5.41, 5.74) is 0.977. The molecule has 3 aromatic rings. The third-order valence-corrected chi connectivity index (χ3v) is 5.49. The third kappa shape index (κ3) is 4.84. The van der Waals surface area contributed by atoms with E-state index in [0.29, 0.717) is 31.7 Å². The number of benzene rings is 1. The van der Waals surface area contributed by atoms with Crippen LogP contribution >= 0.6 is 0 Å². The predicted molar refractivity (Wildman–Crippen MR) is 122 cm³/mol. The van der Waals surface area contributed by atoms with Gasteiger partial charge in [-0.05, 0) is 24.3 Å². The number of hydrogen-bond acceptors (Lipinski definition) is 6. The summed E-state index contributed by atoms with van der Waals surface area (Å²) < 4.78 is 1.21. The first kappa shape index (κ1) is 22.0. The maximum atomic E-state index is 13.2. The Morgan fingerprint density at radius 1 is 0.970 bits per heavy atom. The van der Waals surface area contributed by atoms with Crippen LogP contribution in [0.4, 0.5) is 11.4 Å². The number of piperazine rings is 1. The molecule has 2 amide bonds. The molecule has 1 aliphatic rings. The van der Waals surface area contributed by atoms with Crippen molar-refractivity contribution in [1.29, 1.82) is 0 Å². The lowest BCUT2D eigenvalue weighted by atomic mass is 10.2. The highest BCUT2D eigenvalue weighted by atomic mass is 16.4. The summed E-state index contributed by atoms with van der Waals surface area (Å²) in [7, 11) is 0. The minimum atomic E-state index is -1.11. The number of carboxylic acids is 1. The maximum Gasteiger partial charge on any atom is 0.303 e. The zero-order chi connectivity index (χ0) is 23.4. The maximum absolute atomic E-state index is 13.2. The van der Waals surface area contributed by atoms with Gasteiger partial charge in [0.15, 0.2) is 5.65 Å². The van der Waals surface area contributed by atoms with E-state index in [2.05, 4.69) is 15.2 Å². The molecule has 0 spiro atoms. The highest BCUT2D eigenvalue weighted by Crippen LogP contribution is 2.18. The van der Waals surface area contributed by atoms with Gasteiger partial charge in [0.25, 0.3) is 11.5 Å². The molecule has 0 atom stereocenters. The summed E-state index contributed by atoms with van der Waals surface area (Å²) in [6, 6.07) is 13.2. The van der Waals surface area contributed by atoms with Crippen molar-refractivity contribution in [3.63, 3.8) is 0 Å². The minimum absolute atomic E-state index is 0.0797. The van der Waals surface area contributed by atoms with Crippen molar-refractivity contribution >= 4 is 34.8 Å². The van der Waals surface area contributed by atoms with E-state index in [1.807, 2.05) is 30.3 Å². The molecule has 10 nitrogen and oxygen atoms in total. The molecule has 0 aliphatic carbocycles. The molecule has 3 heterocycles. The molecule has 2 aromatic heterocycles. The quantitative estimate of drug-likeness (QED) is 0.584. The second-order valence-electron chi connectivity index (χ2n) is 7.65. The predicted octanol–water partition coefficient (Wildman–Crippen LogP) is 1.46. The number of rotatable bonds is 6. The first-order valence-corrected chi connectivity index (χ1v) is 10.6. The van der Waals surface area contributed by atoms with Crippen LogP contribution in [-0.2, 0) is 9.59 Å². The Hall–Kier alpha value is -4.21. The number of nitrogens with one attached hydrogen (secondary N) is 1. The van der Waals surface area contributed by atoms with E-state index in [4.69, 9.17) is 5.11 Å². The number of carboxylic acid groups (broad SMARTS) is 1. The summed E-state index contributed by atoms with van der Waals surface area (Å²) in [6.07, 6.45) is 2.07. The SMILES string of the molecule is O=C(O)CCC(=O)Nc1cnc2c(C(=O)N3CCN(c4ccccc4)CC3)cccn2c1=O. The van der Waals surface area contributed by atoms with E-state index in [1.165, 1.54) is 16.8 Å². The lowest BCUT2D eigenvalue weighted by Crippen LogP contribution is -2.49. The third-order valence-electron chi connectivity index (χ3n) is 5.49. The molecule has 1 saturated heterocycles. The van der Waals surface area contributed by atoms with E-state index >= 15 is 0 Å². The van der Waals surface area contributed by atoms with Gasteiger partial charge >= 0.3 is 5.97 Å². The van der Waals surface area contributed by atoms with Crippen LogP contribution in [0.1, 0.15) is 23.2 Å². The average Bonchev–Trinajstić information content (AvgIpc) is 2.84. The molecule has 170 valence electrons. The first-order valence-electron chi connectivity index (χ1n) is 10.6. The van der Waals surface area contributed by atoms with Crippen LogP contribution in [0.25, 0.3) is 5.65 Å². The fourth-order valence-electron chi connectivity index (χ4n) is 3.77. The van der Waals surface area contributed by atoms with Crippen molar-refractivity contribution in [3.05, 3.63) is 70.8 Å². The highest BCUT2D eigenvalue weighted by molar-refractivity contribution is 6.00. The Morgan fingerprint density at radius 2 is 1.70 bits per heavy atom. The number of nitrogens with zero attached hydrogens (tertiary/aromatic N) is 4. The van der Waals surface area contributed by atoms with Crippen molar-refractivity contribution < 1.29 is 19.5 Å². The van der Waals surface area contributed by atoms with Gasteiger partial charge in [-0.25, -0.2) is 4.98 Å². The second kappa shape index (κ2) is 9.51. The minimum Gasteiger partial charge on any atom is -0.481 e. The Balaban J connectivity index is 1.51. The molecule has 0 radical (unpaired) electrons. The Bertz CT molecular complexity index is 1250. The lowest BCUT2D eigenvalue weighted by molar-refractivity contribution is -0.138. The van der Waals surface area contributed by atoms with Gasteiger partial charge in [0.1, 0.15) is 5.69 Å². The summed E-state index contributed by atoms with van der Waals surface area (Å²) in [5, 5.41) is 11.1. The topological polar surface area (TPSA) is 124 Å². The molecule has 0 saturated carbocycles. The monoisotopic (exact) mass is 449 g/mol. The average molecular weight is 449 g/mol. The number of anilines is 2. The van der Waals surface area contributed by atoms with Crippen molar-refractivity contribution in [2.75, 3.05) is 36.4 Å². The van der Waals surface area contributed by atoms with Gasteiger partial charge in [-0.1, -0.05) is 18.2 Å². The standard InChI is InChI=1S/C23H23N5O5/c29-19(8-9-20(30)31)25-18-15-24-21-17(7-4-10-28(21)23(18)33)22(32)27-13-11-26(12-14-27)16-5-2-1-3-6-16/h1-7,10,15H,8-9,11-14H2,(H,25,29)(H,30,31). The smallest absolute Gasteiger partial charge is 0.303 e. The molecule has 0 bridgehead atoms. The number of hydrogen-bond donors (Lipinski definition) is 2. The van der Waals surface area contributed by atoms with Crippen molar-refractivity contribution in [1.82, 2.24) is 14.3 Å². The fourth-order valence-corrected chi connectivity index (χ4v) is 3.77. The number of para-hydroxylation sites is 1. The van der Waals surface area contributed by atoms with E-state index in [1.54, 1.807) is 17.0 Å². The lowest BCUT2D eigenvalue weighted by Gasteiger charge is -2.36. The molecule has 1 aliphatic heterocycles. The fraction of sp³-hybridized carbons (Fsp3) is 0.261. The Kier molecular flexibility index (Phi) is 6.34. The molecule has 4 rings (SSSR count). The second-order valence-corrected chi connectivity index (χ2v) is 7.65. The van der Waals surface area contributed by atoms with E-state index in [0.717, 1.165) is 5.69 Å². The summed E-state index contributed by atoms with van der Waals surface area (Å²) in [4.78, 5) is 56.7. The van der Waals surface area contributed by atoms with Gasteiger partial charge in [-0.3, -0.25) is 23.6 Å². The Labute approximate surface area is 189 Å². The van der Waals surface area contributed by atoms with Crippen LogP contribution in [0.2, 0.25) is 0 Å². The molecule has 10 heteroatoms. The number of aliphatic carboxylic acids is 1. The van der Waals surface area contributed by atoms with Crippen LogP contribution in [0.3, 0.4) is 0 Å². The molecule has 1 fully saturated rings. The van der Waals surface area contributed by atoms with Crippen LogP contribution in [0, 0.1) is 0 Å². The number of carbonyl (C=O) groups is 3. The molecule has 0 unspecified atom stereocenters. The molecule has 33 heavy (non-hydrogen) atoms.